The molecule has 9 heteroatoms. The maximum atomic E-state index is 12.3. The van der Waals surface area contributed by atoms with Gasteiger partial charge in [0.2, 0.25) is 10.0 Å². The minimum atomic E-state index is -3.23. The molecule has 1 aliphatic heterocycles. The number of rotatable bonds is 13. The molecule has 1 heterocycles. The largest absolute Gasteiger partial charge is 0.494 e. The topological polar surface area (TPSA) is 102 Å². The Balaban J connectivity index is 1.19. The summed E-state index contributed by atoms with van der Waals surface area (Å²) in [4.78, 5) is 11.1. The molecule has 5 rings (SSSR count). The third-order valence-corrected chi connectivity index (χ3v) is 9.70. The average Bonchev–Trinajstić information content (AvgIpc) is 3.61. The molecular formula is C34H41NO7S. The number of hydrogen-bond acceptors (Lipinski definition) is 6. The lowest BCUT2D eigenvalue weighted by Crippen LogP contribution is -2.39. The zero-order valence-electron chi connectivity index (χ0n) is 25.2. The lowest BCUT2D eigenvalue weighted by Gasteiger charge is -2.26. The highest BCUT2D eigenvalue weighted by Gasteiger charge is 2.29. The van der Waals surface area contributed by atoms with Gasteiger partial charge in [-0.25, -0.2) is 8.42 Å². The molecule has 1 saturated carbocycles. The van der Waals surface area contributed by atoms with Crippen molar-refractivity contribution in [2.75, 3.05) is 26.0 Å². The number of carbonyl (C=O) groups is 1. The monoisotopic (exact) mass is 607 g/mol. The van der Waals surface area contributed by atoms with Crippen molar-refractivity contribution in [3.63, 3.8) is 0 Å². The fourth-order valence-corrected chi connectivity index (χ4v) is 7.61. The van der Waals surface area contributed by atoms with Crippen LogP contribution in [0, 0.1) is 13.8 Å². The molecule has 2 aliphatic rings. The van der Waals surface area contributed by atoms with Gasteiger partial charge >= 0.3 is 5.97 Å². The Morgan fingerprint density at radius 2 is 1.74 bits per heavy atom. The van der Waals surface area contributed by atoms with Crippen LogP contribution < -0.4 is 14.2 Å². The normalized spacial score (nSPS) is 16.7. The fraction of sp³-hybridized carbons (Fsp3) is 0.441. The molecule has 0 spiro atoms. The number of carboxylic acids is 1. The van der Waals surface area contributed by atoms with E-state index in [1.807, 2.05) is 42.5 Å². The van der Waals surface area contributed by atoms with Crippen molar-refractivity contribution >= 4 is 16.0 Å². The van der Waals surface area contributed by atoms with E-state index in [2.05, 4.69) is 26.0 Å². The first kappa shape index (κ1) is 30.9. The predicted octanol–water partition coefficient (Wildman–Crippen LogP) is 6.47. The molecule has 1 N–H and O–H groups in total. The number of aryl methyl sites for hydroxylation is 2. The van der Waals surface area contributed by atoms with E-state index in [1.54, 1.807) is 4.31 Å². The van der Waals surface area contributed by atoms with Gasteiger partial charge in [0.25, 0.3) is 0 Å². The molecule has 1 aliphatic carbocycles. The first-order valence-corrected chi connectivity index (χ1v) is 16.8. The molecule has 0 bridgehead atoms. The summed E-state index contributed by atoms with van der Waals surface area (Å²) in [7, 11) is -3.23. The van der Waals surface area contributed by atoms with Gasteiger partial charge in [-0.3, -0.25) is 4.79 Å². The zero-order valence-corrected chi connectivity index (χ0v) is 26.0. The molecule has 0 aromatic heterocycles. The van der Waals surface area contributed by atoms with Gasteiger partial charge in [0.1, 0.15) is 23.9 Å². The van der Waals surface area contributed by atoms with Crippen LogP contribution in [0.4, 0.5) is 0 Å². The quantitative estimate of drug-likeness (QED) is 0.222. The van der Waals surface area contributed by atoms with Crippen LogP contribution in [-0.2, 0) is 21.4 Å². The van der Waals surface area contributed by atoms with Gasteiger partial charge in [0, 0.05) is 30.1 Å². The molecule has 3 aromatic rings. The fourth-order valence-electron chi connectivity index (χ4n) is 6.39. The van der Waals surface area contributed by atoms with E-state index in [0.29, 0.717) is 44.3 Å². The molecule has 3 aromatic carbocycles. The summed E-state index contributed by atoms with van der Waals surface area (Å²) in [6.07, 6.45) is 6.08. The van der Waals surface area contributed by atoms with Crippen molar-refractivity contribution in [1.29, 1.82) is 0 Å². The average molecular weight is 608 g/mol. The molecule has 43 heavy (non-hydrogen) atoms. The molecule has 1 unspecified atom stereocenters. The smallest absolute Gasteiger partial charge is 0.304 e. The van der Waals surface area contributed by atoms with Gasteiger partial charge in [-0.05, 0) is 85.2 Å². The predicted molar refractivity (Wildman–Crippen MR) is 167 cm³/mol. The molecule has 0 amide bonds. The van der Waals surface area contributed by atoms with Crippen molar-refractivity contribution < 1.29 is 32.5 Å². The van der Waals surface area contributed by atoms with Crippen LogP contribution in [0.5, 0.6) is 17.2 Å². The molecule has 230 valence electrons. The Labute approximate surface area is 254 Å². The van der Waals surface area contributed by atoms with Crippen LogP contribution in [-0.4, -0.2) is 55.9 Å². The Bertz CT molecular complexity index is 1540. The SMILES string of the molecule is Cc1cc(OCCCN(C2CCCC2)S(C)(=O)=O)cc(C)c1-c1cccc(COc2ccc3c(c2)OCC3CC(=O)O)c1. The molecule has 0 radical (unpaired) electrons. The zero-order chi connectivity index (χ0) is 30.6. The Morgan fingerprint density at radius 1 is 1.00 bits per heavy atom. The standard InChI is InChI=1S/C34H41NO7S/c1-23-16-30(40-15-7-14-35(43(3,38)39)28-10-4-5-11-28)17-24(2)34(23)26-9-6-8-25(18-26)21-41-29-12-13-31-27(19-33(36)37)22-42-32(31)20-29/h6,8-9,12-13,16-18,20,27-28H,4-5,7,10-11,14-15,19,21-22H2,1-3H3,(H,36,37). The second kappa shape index (κ2) is 13.4. The summed E-state index contributed by atoms with van der Waals surface area (Å²) in [6, 6.07) is 18.1. The van der Waals surface area contributed by atoms with E-state index in [-0.39, 0.29) is 18.4 Å². The molecule has 0 saturated heterocycles. The first-order valence-electron chi connectivity index (χ1n) is 15.0. The lowest BCUT2D eigenvalue weighted by molar-refractivity contribution is -0.137. The van der Waals surface area contributed by atoms with Gasteiger partial charge in [0.15, 0.2) is 0 Å². The van der Waals surface area contributed by atoms with E-state index in [1.165, 1.54) is 6.26 Å². The Kier molecular flexibility index (Phi) is 9.62. The highest BCUT2D eigenvalue weighted by molar-refractivity contribution is 7.88. The van der Waals surface area contributed by atoms with Crippen LogP contribution in [0.2, 0.25) is 0 Å². The minimum absolute atomic E-state index is 0.0520. The van der Waals surface area contributed by atoms with Gasteiger partial charge < -0.3 is 19.3 Å². The molecule has 1 atom stereocenters. The van der Waals surface area contributed by atoms with Crippen molar-refractivity contribution in [3.8, 4) is 28.4 Å². The molecular weight excluding hydrogens is 566 g/mol. The maximum Gasteiger partial charge on any atom is 0.304 e. The second-order valence-electron chi connectivity index (χ2n) is 11.7. The van der Waals surface area contributed by atoms with Crippen molar-refractivity contribution in [2.45, 2.75) is 70.9 Å². The van der Waals surface area contributed by atoms with Crippen LogP contribution >= 0.6 is 0 Å². The highest BCUT2D eigenvalue weighted by Crippen LogP contribution is 2.38. The van der Waals surface area contributed by atoms with Crippen LogP contribution in [0.3, 0.4) is 0 Å². The van der Waals surface area contributed by atoms with E-state index in [4.69, 9.17) is 19.3 Å². The minimum Gasteiger partial charge on any atom is -0.494 e. The number of ether oxygens (including phenoxy) is 3. The number of aliphatic carboxylic acids is 1. The van der Waals surface area contributed by atoms with E-state index < -0.39 is 16.0 Å². The number of hydrogen-bond donors (Lipinski definition) is 1. The highest BCUT2D eigenvalue weighted by atomic mass is 32.2. The van der Waals surface area contributed by atoms with Gasteiger partial charge in [-0.15, -0.1) is 0 Å². The Morgan fingerprint density at radius 3 is 2.44 bits per heavy atom. The van der Waals surface area contributed by atoms with Crippen LogP contribution in [0.15, 0.2) is 54.6 Å². The van der Waals surface area contributed by atoms with E-state index in [0.717, 1.165) is 64.8 Å². The van der Waals surface area contributed by atoms with E-state index >= 15 is 0 Å². The van der Waals surface area contributed by atoms with Gasteiger partial charge in [-0.1, -0.05) is 37.1 Å². The number of fused-ring (bicyclic) bond motifs is 1. The first-order chi connectivity index (χ1) is 20.6. The van der Waals surface area contributed by atoms with Crippen LogP contribution in [0.1, 0.15) is 66.7 Å². The number of benzene rings is 3. The van der Waals surface area contributed by atoms with Crippen molar-refractivity contribution in [2.24, 2.45) is 0 Å². The summed E-state index contributed by atoms with van der Waals surface area (Å²) >= 11 is 0. The summed E-state index contributed by atoms with van der Waals surface area (Å²) in [5, 5.41) is 9.13. The summed E-state index contributed by atoms with van der Waals surface area (Å²) in [5.74, 6) is 1.19. The van der Waals surface area contributed by atoms with Gasteiger partial charge in [-0.2, -0.15) is 4.31 Å². The summed E-state index contributed by atoms with van der Waals surface area (Å²) in [6.45, 7) is 5.85. The van der Waals surface area contributed by atoms with Crippen molar-refractivity contribution in [1.82, 2.24) is 4.31 Å². The van der Waals surface area contributed by atoms with Gasteiger partial charge in [0.05, 0.1) is 25.9 Å². The molecule has 8 nitrogen and oxygen atoms in total. The second-order valence-corrected chi connectivity index (χ2v) is 13.7. The van der Waals surface area contributed by atoms with E-state index in [9.17, 15) is 13.2 Å². The maximum absolute atomic E-state index is 12.3. The lowest BCUT2D eigenvalue weighted by atomic mass is 9.94. The third-order valence-electron chi connectivity index (χ3n) is 8.36. The number of nitrogens with zero attached hydrogens (tertiary/aromatic N) is 1. The van der Waals surface area contributed by atoms with Crippen LogP contribution in [0.25, 0.3) is 11.1 Å². The third kappa shape index (κ3) is 7.70. The number of carboxylic acid groups (broad SMARTS) is 1. The molecule has 1 fully saturated rings. The Hall–Kier alpha value is -3.56. The summed E-state index contributed by atoms with van der Waals surface area (Å²) in [5.41, 5.74) is 6.38. The number of sulfonamides is 1. The summed E-state index contributed by atoms with van der Waals surface area (Å²) < 4.78 is 44.2. The van der Waals surface area contributed by atoms with Crippen molar-refractivity contribution in [3.05, 3.63) is 76.9 Å².